The molecule has 6 nitrogen and oxygen atoms in total. The van der Waals surface area contributed by atoms with Gasteiger partial charge in [-0.3, -0.25) is 14.9 Å². The molecule has 0 aliphatic carbocycles. The van der Waals surface area contributed by atoms with Gasteiger partial charge in [0.05, 0.1) is 17.4 Å². The molecule has 0 aromatic carbocycles. The molecule has 1 atom stereocenters. The van der Waals surface area contributed by atoms with E-state index >= 15 is 0 Å². The van der Waals surface area contributed by atoms with Crippen LogP contribution in [-0.2, 0) is 13.0 Å². The average molecular weight is 354 g/mol. The van der Waals surface area contributed by atoms with E-state index < -0.39 is 0 Å². The number of likely N-dealkylation sites (tertiary alicyclic amines) is 1. The predicted molar refractivity (Wildman–Crippen MR) is 98.2 cm³/mol. The third-order valence-electron chi connectivity index (χ3n) is 4.59. The van der Waals surface area contributed by atoms with Crippen molar-refractivity contribution in [2.75, 3.05) is 13.1 Å². The van der Waals surface area contributed by atoms with Gasteiger partial charge in [0.1, 0.15) is 5.69 Å². The number of imidazole rings is 1. The van der Waals surface area contributed by atoms with Crippen LogP contribution in [-0.4, -0.2) is 42.9 Å². The van der Waals surface area contributed by atoms with E-state index in [4.69, 9.17) is 4.98 Å². The summed E-state index contributed by atoms with van der Waals surface area (Å²) in [5.41, 5.74) is 4.82. The number of hydrogen-bond donors (Lipinski definition) is 1. The van der Waals surface area contributed by atoms with Crippen molar-refractivity contribution in [3.05, 3.63) is 46.6 Å². The van der Waals surface area contributed by atoms with E-state index in [2.05, 4.69) is 24.8 Å². The fraction of sp³-hybridized carbons (Fsp3) is 0.444. The zero-order valence-corrected chi connectivity index (χ0v) is 15.2. The predicted octanol–water partition coefficient (Wildman–Crippen LogP) is 3.09. The molecule has 1 N–H and O–H groups in total. The first-order valence-electron chi connectivity index (χ1n) is 8.69. The first kappa shape index (κ1) is 16.4. The van der Waals surface area contributed by atoms with E-state index in [0.29, 0.717) is 5.92 Å². The van der Waals surface area contributed by atoms with Crippen LogP contribution in [0.5, 0.6) is 0 Å². The summed E-state index contributed by atoms with van der Waals surface area (Å²) in [7, 11) is 0. The normalized spacial score (nSPS) is 18.5. The van der Waals surface area contributed by atoms with Crippen molar-refractivity contribution >= 4 is 11.3 Å². The highest BCUT2D eigenvalue weighted by molar-refractivity contribution is 7.09. The largest absolute Gasteiger partial charge is 0.341 e. The summed E-state index contributed by atoms with van der Waals surface area (Å²) in [5.74, 6) is 1.42. The summed E-state index contributed by atoms with van der Waals surface area (Å²) in [5, 5.41) is 0. The number of aromatic amines is 1. The Kier molecular flexibility index (Phi) is 4.85. The molecule has 1 saturated heterocycles. The molecule has 0 bridgehead atoms. The van der Waals surface area contributed by atoms with Crippen LogP contribution in [0.4, 0.5) is 0 Å². The van der Waals surface area contributed by atoms with Gasteiger partial charge in [-0.15, -0.1) is 11.3 Å². The molecular weight excluding hydrogens is 332 g/mol. The maximum Gasteiger partial charge on any atom is 0.157 e. The molecule has 1 fully saturated rings. The molecule has 0 spiro atoms. The van der Waals surface area contributed by atoms with Gasteiger partial charge in [-0.05, 0) is 38.6 Å². The second kappa shape index (κ2) is 7.41. The van der Waals surface area contributed by atoms with Gasteiger partial charge >= 0.3 is 0 Å². The van der Waals surface area contributed by atoms with Crippen molar-refractivity contribution in [3.63, 3.8) is 0 Å². The van der Waals surface area contributed by atoms with Gasteiger partial charge in [-0.25, -0.2) is 9.97 Å². The van der Waals surface area contributed by atoms with E-state index in [0.717, 1.165) is 42.4 Å². The molecule has 3 aromatic rings. The third kappa shape index (κ3) is 4.11. The van der Waals surface area contributed by atoms with Gasteiger partial charge in [-0.1, -0.05) is 0 Å². The Morgan fingerprint density at radius 3 is 3.00 bits per heavy atom. The zero-order chi connectivity index (χ0) is 17.1. The first-order chi connectivity index (χ1) is 12.3. The molecule has 0 saturated carbocycles. The summed E-state index contributed by atoms with van der Waals surface area (Å²) in [6, 6.07) is 0. The fourth-order valence-corrected chi connectivity index (χ4v) is 4.10. The average Bonchev–Trinajstić information content (AvgIpc) is 3.27. The van der Waals surface area contributed by atoms with E-state index in [1.165, 1.54) is 24.3 Å². The zero-order valence-electron chi connectivity index (χ0n) is 14.4. The van der Waals surface area contributed by atoms with Gasteiger partial charge in [-0.2, -0.15) is 0 Å². The minimum absolute atomic E-state index is 0.629. The molecule has 3 aromatic heterocycles. The number of nitrogens with one attached hydrogen (secondary N) is 1. The number of thiazole rings is 1. The van der Waals surface area contributed by atoms with Crippen LogP contribution in [0.2, 0.25) is 0 Å². The van der Waals surface area contributed by atoms with Crippen LogP contribution in [0.3, 0.4) is 0 Å². The Morgan fingerprint density at radius 2 is 2.20 bits per heavy atom. The minimum atomic E-state index is 0.629. The topological polar surface area (TPSA) is 70.6 Å². The number of piperidine rings is 1. The maximum atomic E-state index is 4.77. The van der Waals surface area contributed by atoms with E-state index in [1.807, 2.05) is 31.0 Å². The highest BCUT2D eigenvalue weighted by atomic mass is 32.1. The van der Waals surface area contributed by atoms with Crippen LogP contribution in [0.25, 0.3) is 11.5 Å². The van der Waals surface area contributed by atoms with E-state index in [1.54, 1.807) is 17.5 Å². The van der Waals surface area contributed by atoms with Gasteiger partial charge in [0, 0.05) is 42.3 Å². The lowest BCUT2D eigenvalue weighted by atomic mass is 9.93. The molecule has 25 heavy (non-hydrogen) atoms. The van der Waals surface area contributed by atoms with Gasteiger partial charge in [0.2, 0.25) is 0 Å². The fourth-order valence-electron chi connectivity index (χ4n) is 3.46. The molecule has 1 aliphatic rings. The SMILES string of the molecule is Cc1cnc(-c2cncc(C[C@H]3CCCN(Cc4cncs4)C3)n2)[nH]1. The van der Waals surface area contributed by atoms with Crippen molar-refractivity contribution in [1.29, 1.82) is 0 Å². The molecule has 4 heterocycles. The minimum Gasteiger partial charge on any atom is -0.341 e. The molecule has 4 rings (SSSR count). The number of aryl methyl sites for hydroxylation is 1. The van der Waals surface area contributed by atoms with E-state index in [9.17, 15) is 0 Å². The van der Waals surface area contributed by atoms with Crippen LogP contribution in [0.1, 0.15) is 29.1 Å². The van der Waals surface area contributed by atoms with Crippen molar-refractivity contribution in [3.8, 4) is 11.5 Å². The van der Waals surface area contributed by atoms with Gasteiger partial charge in [0.15, 0.2) is 5.82 Å². The quantitative estimate of drug-likeness (QED) is 0.762. The highest BCUT2D eigenvalue weighted by Gasteiger charge is 2.21. The summed E-state index contributed by atoms with van der Waals surface area (Å²) in [4.78, 5) is 24.8. The second-order valence-corrected chi connectivity index (χ2v) is 7.70. The molecule has 130 valence electrons. The van der Waals surface area contributed by atoms with Crippen molar-refractivity contribution < 1.29 is 0 Å². The van der Waals surface area contributed by atoms with Gasteiger partial charge < -0.3 is 4.98 Å². The highest BCUT2D eigenvalue weighted by Crippen LogP contribution is 2.23. The van der Waals surface area contributed by atoms with Crippen molar-refractivity contribution in [1.82, 2.24) is 29.8 Å². The van der Waals surface area contributed by atoms with E-state index in [-0.39, 0.29) is 0 Å². The number of nitrogens with zero attached hydrogens (tertiary/aromatic N) is 5. The Hall–Kier alpha value is -2.12. The van der Waals surface area contributed by atoms with Crippen molar-refractivity contribution in [2.24, 2.45) is 5.92 Å². The molecule has 0 unspecified atom stereocenters. The first-order valence-corrected chi connectivity index (χ1v) is 9.57. The standard InChI is InChI=1S/C18H22N6S/c1-13-6-21-18(22-13)17-9-19-7-15(23-17)5-14-3-2-4-24(10-14)11-16-8-20-12-25-16/h6-9,12,14H,2-5,10-11H2,1H3,(H,21,22)/t14-/m1/s1. The molecule has 0 radical (unpaired) electrons. The van der Waals surface area contributed by atoms with Crippen LogP contribution in [0.15, 0.2) is 30.3 Å². The number of rotatable bonds is 5. The van der Waals surface area contributed by atoms with Gasteiger partial charge in [0.25, 0.3) is 0 Å². The number of aromatic nitrogens is 5. The Morgan fingerprint density at radius 1 is 1.24 bits per heavy atom. The number of hydrogen-bond acceptors (Lipinski definition) is 6. The summed E-state index contributed by atoms with van der Waals surface area (Å²) in [6.07, 6.45) is 10.9. The van der Waals surface area contributed by atoms with Crippen LogP contribution in [0, 0.1) is 12.8 Å². The Bertz CT molecular complexity index is 813. The Balaban J connectivity index is 1.41. The molecule has 0 amide bonds. The van der Waals surface area contributed by atoms with Crippen LogP contribution >= 0.6 is 11.3 Å². The lowest BCUT2D eigenvalue weighted by molar-refractivity contribution is 0.167. The number of H-pyrrole nitrogens is 1. The third-order valence-corrected chi connectivity index (χ3v) is 5.36. The molecule has 1 aliphatic heterocycles. The monoisotopic (exact) mass is 354 g/mol. The van der Waals surface area contributed by atoms with Crippen LogP contribution < -0.4 is 0 Å². The lowest BCUT2D eigenvalue weighted by Gasteiger charge is -2.32. The summed E-state index contributed by atoms with van der Waals surface area (Å²) < 4.78 is 0. The van der Waals surface area contributed by atoms with Crippen molar-refractivity contribution in [2.45, 2.75) is 32.7 Å². The summed E-state index contributed by atoms with van der Waals surface area (Å²) in [6.45, 7) is 5.29. The smallest absolute Gasteiger partial charge is 0.157 e. The lowest BCUT2D eigenvalue weighted by Crippen LogP contribution is -2.35. The molecule has 7 heteroatoms. The summed E-state index contributed by atoms with van der Waals surface area (Å²) >= 11 is 1.74. The Labute approximate surface area is 151 Å². The second-order valence-electron chi connectivity index (χ2n) is 6.73. The maximum absolute atomic E-state index is 4.77. The molecular formula is C18H22N6S.